The molecule has 0 spiro atoms. The lowest BCUT2D eigenvalue weighted by Gasteiger charge is -2.50. The first kappa shape index (κ1) is 18.7. The lowest BCUT2D eigenvalue weighted by Crippen LogP contribution is -2.64. The molecule has 0 unspecified atom stereocenters. The number of hydrogen-bond donors (Lipinski definition) is 0. The van der Waals surface area contributed by atoms with Crippen LogP contribution in [-0.4, -0.2) is 69.4 Å². The number of piperazine rings is 1. The van der Waals surface area contributed by atoms with E-state index in [0.717, 1.165) is 66.7 Å². The lowest BCUT2D eigenvalue weighted by atomic mass is 9.97. The second-order valence-corrected chi connectivity index (χ2v) is 9.75. The van der Waals surface area contributed by atoms with E-state index in [-0.39, 0.29) is 5.54 Å². The maximum absolute atomic E-state index is 6.70. The van der Waals surface area contributed by atoms with Gasteiger partial charge in [0, 0.05) is 31.6 Å². The molecule has 1 saturated carbocycles. The van der Waals surface area contributed by atoms with Gasteiger partial charge >= 0.3 is 0 Å². The van der Waals surface area contributed by atoms with Gasteiger partial charge in [0.2, 0.25) is 0 Å². The molecule has 2 aliphatic heterocycles. The summed E-state index contributed by atoms with van der Waals surface area (Å²) in [5.74, 6) is 0.713. The van der Waals surface area contributed by atoms with Crippen LogP contribution in [0.3, 0.4) is 0 Å². The van der Waals surface area contributed by atoms with Crippen LogP contribution in [0.1, 0.15) is 26.3 Å². The Morgan fingerprint density at radius 1 is 1.10 bits per heavy atom. The number of nitrogens with zero attached hydrogens (tertiary/aromatic N) is 6. The molecular weight excluding hydrogens is 400 g/mol. The van der Waals surface area contributed by atoms with Gasteiger partial charge in [0.15, 0.2) is 0 Å². The van der Waals surface area contributed by atoms with Crippen molar-refractivity contribution in [3.05, 3.63) is 35.7 Å². The lowest BCUT2D eigenvalue weighted by molar-refractivity contribution is -0.131. The molecule has 0 N–H and O–H groups in total. The second-order valence-electron chi connectivity index (χ2n) is 9.34. The van der Waals surface area contributed by atoms with Crippen molar-refractivity contribution in [2.75, 3.05) is 44.3 Å². The van der Waals surface area contributed by atoms with E-state index in [1.54, 1.807) is 0 Å². The quantitative estimate of drug-likeness (QED) is 0.640. The summed E-state index contributed by atoms with van der Waals surface area (Å²) >= 11 is 6.70. The zero-order valence-electron chi connectivity index (χ0n) is 17.5. The van der Waals surface area contributed by atoms with E-state index in [2.05, 4.69) is 50.8 Å². The zero-order valence-corrected chi connectivity index (χ0v) is 18.2. The molecule has 0 bridgehead atoms. The first-order valence-electron chi connectivity index (χ1n) is 10.8. The van der Waals surface area contributed by atoms with E-state index in [1.807, 2.05) is 23.1 Å². The highest BCUT2D eigenvalue weighted by Crippen LogP contribution is 2.42. The third kappa shape index (κ3) is 2.94. The van der Waals surface area contributed by atoms with Crippen molar-refractivity contribution in [3.63, 3.8) is 0 Å². The predicted octanol–water partition coefficient (Wildman–Crippen LogP) is 3.37. The van der Waals surface area contributed by atoms with Crippen LogP contribution in [0.2, 0.25) is 5.02 Å². The summed E-state index contributed by atoms with van der Waals surface area (Å²) in [6.07, 6.45) is 7.11. The van der Waals surface area contributed by atoms with Gasteiger partial charge in [-0.1, -0.05) is 18.5 Å². The molecule has 1 aromatic carbocycles. The van der Waals surface area contributed by atoms with Crippen molar-refractivity contribution in [1.29, 1.82) is 0 Å². The summed E-state index contributed by atoms with van der Waals surface area (Å²) in [5.41, 5.74) is 3.36. The monoisotopic (exact) mass is 426 g/mol. The number of halogens is 1. The van der Waals surface area contributed by atoms with Gasteiger partial charge in [0.1, 0.15) is 5.69 Å². The van der Waals surface area contributed by atoms with E-state index in [1.165, 1.54) is 6.42 Å². The van der Waals surface area contributed by atoms with Crippen LogP contribution in [0, 0.1) is 5.92 Å². The van der Waals surface area contributed by atoms with Gasteiger partial charge in [-0.15, -0.1) is 0 Å². The molecule has 3 aliphatic rings. The fraction of sp³-hybridized carbons (Fsp3) is 0.545. The molecule has 158 valence electrons. The zero-order chi connectivity index (χ0) is 20.5. The molecule has 8 heteroatoms. The van der Waals surface area contributed by atoms with Crippen LogP contribution < -0.4 is 4.90 Å². The Kier molecular flexibility index (Phi) is 4.17. The number of benzene rings is 1. The van der Waals surface area contributed by atoms with Crippen molar-refractivity contribution in [2.45, 2.75) is 31.8 Å². The van der Waals surface area contributed by atoms with Crippen molar-refractivity contribution in [1.82, 2.24) is 24.5 Å². The van der Waals surface area contributed by atoms with Gasteiger partial charge in [-0.2, -0.15) is 10.2 Å². The van der Waals surface area contributed by atoms with E-state index < -0.39 is 0 Å². The number of anilines is 1. The van der Waals surface area contributed by atoms with Crippen LogP contribution in [0.15, 0.2) is 30.7 Å². The minimum Gasteiger partial charge on any atom is -0.377 e. The average Bonchev–Trinajstić information content (AvgIpc) is 3.11. The summed E-state index contributed by atoms with van der Waals surface area (Å²) in [4.78, 5) is 4.95. The predicted molar refractivity (Wildman–Crippen MR) is 118 cm³/mol. The molecular formula is C22H27ClN6O. The summed E-state index contributed by atoms with van der Waals surface area (Å²) in [5, 5.41) is 11.0. The molecule has 2 atom stereocenters. The molecule has 7 nitrogen and oxygen atoms in total. The molecule has 4 heterocycles. The topological polar surface area (TPSA) is 51.4 Å². The van der Waals surface area contributed by atoms with Crippen LogP contribution in [0.5, 0.6) is 0 Å². The molecule has 30 heavy (non-hydrogen) atoms. The minimum atomic E-state index is 0.206. The standard InChI is InChI=1S/C22H27ClN6O/c1-15-7-19(15)28-12-17(11-24-28)29-20-9-21(18(23)8-16(20)10-25-29)26-3-5-27(6-4-26)22(2)13-30-14-22/h8-12,15,19H,3-7,13-14H2,1-2H3/t15-,19-/m1/s1. The Morgan fingerprint density at radius 2 is 1.87 bits per heavy atom. The number of hydrogen-bond acceptors (Lipinski definition) is 5. The Labute approximate surface area is 181 Å². The highest BCUT2D eigenvalue weighted by Gasteiger charge is 2.40. The first-order chi connectivity index (χ1) is 14.5. The smallest absolute Gasteiger partial charge is 0.103 e. The summed E-state index contributed by atoms with van der Waals surface area (Å²) in [6, 6.07) is 4.76. The molecule has 6 rings (SSSR count). The van der Waals surface area contributed by atoms with Gasteiger partial charge < -0.3 is 9.64 Å². The second kappa shape index (κ2) is 6.70. The van der Waals surface area contributed by atoms with E-state index in [4.69, 9.17) is 16.3 Å². The summed E-state index contributed by atoms with van der Waals surface area (Å²) in [7, 11) is 0. The van der Waals surface area contributed by atoms with Crippen molar-refractivity contribution in [3.8, 4) is 5.69 Å². The molecule has 3 fully saturated rings. The highest BCUT2D eigenvalue weighted by atomic mass is 35.5. The normalized spacial score (nSPS) is 26.2. The molecule has 2 aromatic heterocycles. The first-order valence-corrected chi connectivity index (χ1v) is 11.2. The Morgan fingerprint density at radius 3 is 2.53 bits per heavy atom. The van der Waals surface area contributed by atoms with Crippen molar-refractivity contribution < 1.29 is 4.74 Å². The Hall–Kier alpha value is -2.09. The fourth-order valence-electron chi connectivity index (χ4n) is 4.84. The van der Waals surface area contributed by atoms with Gasteiger partial charge in [-0.25, -0.2) is 4.68 Å². The number of ether oxygens (including phenoxy) is 1. The third-order valence-electron chi connectivity index (χ3n) is 7.09. The van der Waals surface area contributed by atoms with Gasteiger partial charge in [-0.05, 0) is 31.4 Å². The van der Waals surface area contributed by atoms with Gasteiger partial charge in [0.25, 0.3) is 0 Å². The fourth-order valence-corrected chi connectivity index (χ4v) is 5.13. The number of rotatable bonds is 4. The molecule has 0 amide bonds. The highest BCUT2D eigenvalue weighted by molar-refractivity contribution is 6.34. The summed E-state index contributed by atoms with van der Waals surface area (Å²) < 4.78 is 9.51. The molecule has 2 saturated heterocycles. The van der Waals surface area contributed by atoms with E-state index in [9.17, 15) is 0 Å². The SMILES string of the molecule is C[C@@H]1C[C@H]1n1cc(-n2ncc3cc(Cl)c(N4CCN(C5(C)COC5)CC4)cc32)cn1. The van der Waals surface area contributed by atoms with Crippen molar-refractivity contribution >= 4 is 28.2 Å². The molecule has 1 aliphatic carbocycles. The third-order valence-corrected chi connectivity index (χ3v) is 7.39. The molecule has 3 aromatic rings. The van der Waals surface area contributed by atoms with Gasteiger partial charge in [-0.3, -0.25) is 9.58 Å². The summed E-state index contributed by atoms with van der Waals surface area (Å²) in [6.45, 7) is 10.2. The van der Waals surface area contributed by atoms with Crippen LogP contribution in [0.4, 0.5) is 5.69 Å². The van der Waals surface area contributed by atoms with Gasteiger partial charge in [0.05, 0.1) is 59.6 Å². The van der Waals surface area contributed by atoms with Crippen LogP contribution in [0.25, 0.3) is 16.6 Å². The van der Waals surface area contributed by atoms with Crippen LogP contribution in [-0.2, 0) is 4.74 Å². The largest absolute Gasteiger partial charge is 0.377 e. The Bertz CT molecular complexity index is 1090. The number of fused-ring (bicyclic) bond motifs is 1. The minimum absolute atomic E-state index is 0.206. The molecule has 0 radical (unpaired) electrons. The van der Waals surface area contributed by atoms with Crippen LogP contribution >= 0.6 is 11.6 Å². The van der Waals surface area contributed by atoms with E-state index >= 15 is 0 Å². The average molecular weight is 427 g/mol. The maximum atomic E-state index is 6.70. The maximum Gasteiger partial charge on any atom is 0.103 e. The number of aromatic nitrogens is 4. The van der Waals surface area contributed by atoms with Crippen molar-refractivity contribution in [2.24, 2.45) is 5.92 Å². The van der Waals surface area contributed by atoms with E-state index in [0.29, 0.717) is 12.0 Å². The Balaban J connectivity index is 1.28.